The predicted molar refractivity (Wildman–Crippen MR) is 104 cm³/mol. The molecule has 3 rings (SSSR count). The summed E-state index contributed by atoms with van der Waals surface area (Å²) in [6, 6.07) is 18.4. The number of benzene rings is 2. The molecule has 0 saturated heterocycles. The van der Waals surface area contributed by atoms with Gasteiger partial charge in [0.15, 0.2) is 5.43 Å². The minimum Gasteiger partial charge on any atom is -0.352 e. The molecule has 4 heteroatoms. The molecule has 132 valence electrons. The van der Waals surface area contributed by atoms with Gasteiger partial charge in [0.2, 0.25) is 0 Å². The summed E-state index contributed by atoms with van der Waals surface area (Å²) in [5.74, 6) is -0.328. The van der Waals surface area contributed by atoms with Gasteiger partial charge in [-0.15, -0.1) is 0 Å². The number of nitrogens with one attached hydrogen (secondary N) is 1. The number of rotatable bonds is 5. The number of pyridine rings is 1. The van der Waals surface area contributed by atoms with E-state index >= 15 is 0 Å². The van der Waals surface area contributed by atoms with Gasteiger partial charge < -0.3 is 9.88 Å². The Balaban J connectivity index is 2.00. The van der Waals surface area contributed by atoms with Crippen molar-refractivity contribution in [3.8, 4) is 11.1 Å². The number of carbonyl (C=O) groups excluding carboxylic acids is 1. The molecule has 0 unspecified atom stereocenters. The maximum Gasteiger partial charge on any atom is 0.256 e. The van der Waals surface area contributed by atoms with Gasteiger partial charge in [-0.3, -0.25) is 9.59 Å². The maximum atomic E-state index is 12.3. The fourth-order valence-electron chi connectivity index (χ4n) is 3.04. The molecule has 1 aromatic heterocycles. The minimum atomic E-state index is -0.328. The zero-order valence-electron chi connectivity index (χ0n) is 15.0. The molecule has 0 radical (unpaired) electrons. The molecular formula is C22H22N2O2. The third kappa shape index (κ3) is 3.75. The fraction of sp³-hybridized carbons (Fsp3) is 0.182. The van der Waals surface area contributed by atoms with Crippen molar-refractivity contribution in [1.82, 2.24) is 9.88 Å². The highest BCUT2D eigenvalue weighted by molar-refractivity contribution is 5.93. The lowest BCUT2D eigenvalue weighted by Gasteiger charge is -2.14. The number of aryl methyl sites for hydroxylation is 1. The Labute approximate surface area is 153 Å². The second-order valence-electron chi connectivity index (χ2n) is 6.24. The number of amides is 1. The van der Waals surface area contributed by atoms with Crippen LogP contribution in [-0.2, 0) is 6.54 Å². The van der Waals surface area contributed by atoms with Crippen molar-refractivity contribution >= 4 is 5.91 Å². The van der Waals surface area contributed by atoms with Crippen molar-refractivity contribution < 1.29 is 4.79 Å². The number of carbonyl (C=O) groups is 1. The van der Waals surface area contributed by atoms with Gasteiger partial charge in [0.25, 0.3) is 5.91 Å². The number of hydrogen-bond donors (Lipinski definition) is 1. The molecule has 3 aromatic rings. The number of hydrogen-bond acceptors (Lipinski definition) is 2. The van der Waals surface area contributed by atoms with E-state index in [4.69, 9.17) is 0 Å². The highest BCUT2D eigenvalue weighted by Gasteiger charge is 2.13. The average molecular weight is 346 g/mol. The molecule has 0 bridgehead atoms. The van der Waals surface area contributed by atoms with Crippen LogP contribution in [0.1, 0.15) is 28.4 Å². The molecular weight excluding hydrogens is 324 g/mol. The van der Waals surface area contributed by atoms with Crippen molar-refractivity contribution in [2.75, 3.05) is 6.54 Å². The van der Waals surface area contributed by atoms with Gasteiger partial charge in [-0.25, -0.2) is 0 Å². The van der Waals surface area contributed by atoms with E-state index in [0.717, 1.165) is 16.7 Å². The van der Waals surface area contributed by atoms with E-state index in [2.05, 4.69) is 29.6 Å². The Hall–Kier alpha value is -3.14. The van der Waals surface area contributed by atoms with Crippen molar-refractivity contribution in [2.24, 2.45) is 0 Å². The Morgan fingerprint density at radius 1 is 1.00 bits per heavy atom. The summed E-state index contributed by atoms with van der Waals surface area (Å²) in [5.41, 5.74) is 3.94. The first-order valence-corrected chi connectivity index (χ1v) is 8.72. The molecule has 0 spiro atoms. The Morgan fingerprint density at radius 2 is 1.69 bits per heavy atom. The van der Waals surface area contributed by atoms with E-state index < -0.39 is 0 Å². The summed E-state index contributed by atoms with van der Waals surface area (Å²) >= 11 is 0. The first-order chi connectivity index (χ1) is 12.6. The summed E-state index contributed by atoms with van der Waals surface area (Å²) in [6.07, 6.45) is 3.44. The fourth-order valence-corrected chi connectivity index (χ4v) is 3.04. The van der Waals surface area contributed by atoms with Crippen LogP contribution < -0.4 is 10.7 Å². The Bertz CT molecular complexity index is 975. The van der Waals surface area contributed by atoms with Crippen molar-refractivity contribution in [3.63, 3.8) is 0 Å². The van der Waals surface area contributed by atoms with E-state index in [1.165, 1.54) is 0 Å². The van der Waals surface area contributed by atoms with Crippen molar-refractivity contribution in [1.29, 1.82) is 0 Å². The second kappa shape index (κ2) is 7.83. The molecule has 26 heavy (non-hydrogen) atoms. The van der Waals surface area contributed by atoms with Gasteiger partial charge in [-0.2, -0.15) is 0 Å². The molecule has 0 saturated carbocycles. The van der Waals surface area contributed by atoms with Crippen LogP contribution in [0.3, 0.4) is 0 Å². The number of aromatic nitrogens is 1. The van der Waals surface area contributed by atoms with Gasteiger partial charge >= 0.3 is 0 Å². The quantitative estimate of drug-likeness (QED) is 0.767. The van der Waals surface area contributed by atoms with Crippen LogP contribution >= 0.6 is 0 Å². The lowest BCUT2D eigenvalue weighted by Crippen LogP contribution is -2.30. The summed E-state index contributed by atoms with van der Waals surface area (Å²) in [6.45, 7) is 4.65. The van der Waals surface area contributed by atoms with Crippen LogP contribution in [0.5, 0.6) is 0 Å². The molecule has 0 aliphatic heterocycles. The summed E-state index contributed by atoms with van der Waals surface area (Å²) in [7, 11) is 0. The van der Waals surface area contributed by atoms with Crippen LogP contribution in [0.15, 0.2) is 71.8 Å². The van der Waals surface area contributed by atoms with Crippen LogP contribution in [0.4, 0.5) is 0 Å². The molecule has 1 amide bonds. The largest absolute Gasteiger partial charge is 0.352 e. The highest BCUT2D eigenvalue weighted by atomic mass is 16.2. The molecule has 0 aliphatic rings. The number of nitrogens with zero attached hydrogens (tertiary/aromatic N) is 1. The van der Waals surface area contributed by atoms with Crippen LogP contribution in [0.25, 0.3) is 11.1 Å². The Morgan fingerprint density at radius 3 is 2.42 bits per heavy atom. The van der Waals surface area contributed by atoms with Gasteiger partial charge in [0.1, 0.15) is 5.56 Å². The maximum absolute atomic E-state index is 12.3. The zero-order valence-corrected chi connectivity index (χ0v) is 15.0. The van der Waals surface area contributed by atoms with E-state index in [0.29, 0.717) is 18.7 Å². The SMILES string of the molecule is CCNC(=O)c1cn(Cc2ccccc2-c2ccccc2)cc(C)c1=O. The first kappa shape index (κ1) is 17.7. The smallest absolute Gasteiger partial charge is 0.256 e. The van der Waals surface area contributed by atoms with E-state index in [9.17, 15) is 9.59 Å². The summed E-state index contributed by atoms with van der Waals surface area (Å²) < 4.78 is 1.91. The Kier molecular flexibility index (Phi) is 5.32. The van der Waals surface area contributed by atoms with Gasteiger partial charge in [-0.1, -0.05) is 54.6 Å². The lowest BCUT2D eigenvalue weighted by atomic mass is 9.99. The standard InChI is InChI=1S/C22H22N2O2/c1-3-23-22(26)20-15-24(13-16(2)21(20)25)14-18-11-7-8-12-19(18)17-9-5-4-6-10-17/h4-13,15H,3,14H2,1-2H3,(H,23,26). The zero-order chi connectivity index (χ0) is 18.5. The average Bonchev–Trinajstić information content (AvgIpc) is 2.66. The summed E-state index contributed by atoms with van der Waals surface area (Å²) in [5, 5.41) is 2.71. The third-order valence-electron chi connectivity index (χ3n) is 4.29. The van der Waals surface area contributed by atoms with Crippen LogP contribution in [0.2, 0.25) is 0 Å². The highest BCUT2D eigenvalue weighted by Crippen LogP contribution is 2.24. The molecule has 2 aromatic carbocycles. The molecule has 1 N–H and O–H groups in total. The molecule has 1 heterocycles. The van der Waals surface area contributed by atoms with Crippen molar-refractivity contribution in [2.45, 2.75) is 20.4 Å². The minimum absolute atomic E-state index is 0.184. The normalized spacial score (nSPS) is 10.5. The summed E-state index contributed by atoms with van der Waals surface area (Å²) in [4.78, 5) is 24.5. The topological polar surface area (TPSA) is 51.1 Å². The molecule has 0 aliphatic carbocycles. The molecule has 0 atom stereocenters. The third-order valence-corrected chi connectivity index (χ3v) is 4.29. The second-order valence-corrected chi connectivity index (χ2v) is 6.24. The molecule has 4 nitrogen and oxygen atoms in total. The molecule has 0 fully saturated rings. The van der Waals surface area contributed by atoms with Crippen LogP contribution in [0, 0.1) is 6.92 Å². The van der Waals surface area contributed by atoms with Crippen LogP contribution in [-0.4, -0.2) is 17.0 Å². The first-order valence-electron chi connectivity index (χ1n) is 8.72. The van der Waals surface area contributed by atoms with Crippen molar-refractivity contribution in [3.05, 3.63) is 93.9 Å². The predicted octanol–water partition coefficient (Wildman–Crippen LogP) is 3.62. The van der Waals surface area contributed by atoms with E-state index in [-0.39, 0.29) is 16.9 Å². The van der Waals surface area contributed by atoms with E-state index in [1.54, 1.807) is 19.3 Å². The van der Waals surface area contributed by atoms with Gasteiger partial charge in [-0.05, 0) is 30.5 Å². The van der Waals surface area contributed by atoms with E-state index in [1.807, 2.05) is 41.8 Å². The lowest BCUT2D eigenvalue weighted by molar-refractivity contribution is 0.0954. The monoisotopic (exact) mass is 346 g/mol. The van der Waals surface area contributed by atoms with Gasteiger partial charge in [0, 0.05) is 31.0 Å². The van der Waals surface area contributed by atoms with Gasteiger partial charge in [0.05, 0.1) is 0 Å².